The highest BCUT2D eigenvalue weighted by Crippen LogP contribution is 2.49. The molecule has 1 saturated heterocycles. The Morgan fingerprint density at radius 1 is 0.977 bits per heavy atom. The van der Waals surface area contributed by atoms with Gasteiger partial charge in [-0.15, -0.1) is 0 Å². The lowest BCUT2D eigenvalue weighted by Crippen LogP contribution is -2.42. The van der Waals surface area contributed by atoms with Gasteiger partial charge in [0.15, 0.2) is 0 Å². The van der Waals surface area contributed by atoms with Gasteiger partial charge in [0.25, 0.3) is 0 Å². The molecule has 0 aromatic heterocycles. The van der Waals surface area contributed by atoms with Gasteiger partial charge in [0.2, 0.25) is 0 Å². The van der Waals surface area contributed by atoms with E-state index in [1.165, 1.54) is 48.0 Å². The molecule has 0 aliphatic carbocycles. The van der Waals surface area contributed by atoms with Crippen molar-refractivity contribution in [3.05, 3.63) is 64.7 Å². The lowest BCUT2D eigenvalue weighted by molar-refractivity contribution is -0.134. The number of benzene rings is 2. The number of fused-ring (bicyclic) bond motifs is 2. The minimum Gasteiger partial charge on any atom is -0.483 e. The first-order chi connectivity index (χ1) is 21.3. The number of nitrogens with zero attached hydrogens (tertiary/aromatic N) is 2. The monoisotopic (exact) mass is 602 g/mol. The molecule has 5 rings (SSSR count). The Hall–Kier alpha value is -2.67. The Morgan fingerprint density at radius 2 is 1.77 bits per heavy atom. The molecule has 1 unspecified atom stereocenters. The van der Waals surface area contributed by atoms with E-state index in [1.807, 2.05) is 0 Å². The summed E-state index contributed by atoms with van der Waals surface area (Å²) in [4.78, 5) is 18.2. The van der Waals surface area contributed by atoms with Crippen LogP contribution in [0.2, 0.25) is 0 Å². The summed E-state index contributed by atoms with van der Waals surface area (Å²) in [6.07, 6.45) is 9.34. The number of aryl methyl sites for hydroxylation is 1. The molecule has 6 heteroatoms. The molecule has 2 aromatic rings. The standard InChI is InChI=1S/C38H54N2O4/c1-5-6-8-12-29(2)16-17-31-25-34(43-36(41)15-11-19-39-21-23-42-24-22-39)37-32-28-40(27-30-13-9-7-10-14-30)20-18-33(32)38(3,4)44-35(37)26-31/h7,9-10,13-14,25-26,29H,5-6,8,11-12,15-24,27-28H2,1-4H3. The second kappa shape index (κ2) is 15.6. The minimum absolute atomic E-state index is 0.158. The fourth-order valence-electron chi connectivity index (χ4n) is 7.02. The zero-order valence-corrected chi connectivity index (χ0v) is 27.7. The highest BCUT2D eigenvalue weighted by Gasteiger charge is 2.39. The van der Waals surface area contributed by atoms with Gasteiger partial charge in [-0.2, -0.15) is 0 Å². The fourth-order valence-corrected chi connectivity index (χ4v) is 7.02. The third-order valence-corrected chi connectivity index (χ3v) is 9.60. The van der Waals surface area contributed by atoms with E-state index in [0.29, 0.717) is 18.1 Å². The van der Waals surface area contributed by atoms with Crippen molar-refractivity contribution in [2.75, 3.05) is 45.9 Å². The Kier molecular flexibility index (Phi) is 11.6. The maximum Gasteiger partial charge on any atom is 0.311 e. The molecule has 1 atom stereocenters. The second-order valence-electron chi connectivity index (χ2n) is 13.7. The number of hydrogen-bond acceptors (Lipinski definition) is 6. The van der Waals surface area contributed by atoms with Crippen LogP contribution in [0.3, 0.4) is 0 Å². The first kappa shape index (κ1) is 32.7. The summed E-state index contributed by atoms with van der Waals surface area (Å²) in [6, 6.07) is 15.1. The third kappa shape index (κ3) is 8.74. The SMILES string of the molecule is CCCCCC(C)CCc1cc(OC(=O)CCCN2CCOCC2)c2c(c1)OC(C)(C)C1=C2CN(Cc2ccccc2)CC1. The van der Waals surface area contributed by atoms with Gasteiger partial charge < -0.3 is 14.2 Å². The number of esters is 1. The van der Waals surface area contributed by atoms with Crippen LogP contribution in [0, 0.1) is 5.92 Å². The molecule has 3 aliphatic rings. The number of unbranched alkanes of at least 4 members (excludes halogenated alkanes) is 2. The summed E-state index contributed by atoms with van der Waals surface area (Å²) in [6.45, 7) is 16.0. The molecule has 0 bridgehead atoms. The van der Waals surface area contributed by atoms with Crippen LogP contribution in [0.5, 0.6) is 11.5 Å². The molecule has 0 amide bonds. The predicted molar refractivity (Wildman–Crippen MR) is 178 cm³/mol. The van der Waals surface area contributed by atoms with E-state index in [1.54, 1.807) is 0 Å². The van der Waals surface area contributed by atoms with Crippen molar-refractivity contribution >= 4 is 11.5 Å². The molecule has 3 heterocycles. The van der Waals surface area contributed by atoms with Crippen molar-refractivity contribution in [2.45, 2.75) is 97.6 Å². The molecule has 44 heavy (non-hydrogen) atoms. The molecular weight excluding hydrogens is 548 g/mol. The highest BCUT2D eigenvalue weighted by molar-refractivity contribution is 5.84. The molecule has 0 spiro atoms. The number of hydrogen-bond donors (Lipinski definition) is 0. The van der Waals surface area contributed by atoms with E-state index in [2.05, 4.69) is 80.0 Å². The van der Waals surface area contributed by atoms with E-state index >= 15 is 0 Å². The lowest BCUT2D eigenvalue weighted by Gasteiger charge is -2.42. The number of carbonyl (C=O) groups is 1. The Bertz CT molecular complexity index is 1270. The predicted octanol–water partition coefficient (Wildman–Crippen LogP) is 7.68. The molecule has 0 saturated carbocycles. The van der Waals surface area contributed by atoms with Crippen molar-refractivity contribution in [2.24, 2.45) is 5.92 Å². The average molecular weight is 603 g/mol. The second-order valence-corrected chi connectivity index (χ2v) is 13.7. The highest BCUT2D eigenvalue weighted by atomic mass is 16.5. The van der Waals surface area contributed by atoms with Gasteiger partial charge in [-0.25, -0.2) is 0 Å². The first-order valence-corrected chi connectivity index (χ1v) is 17.2. The Balaban J connectivity index is 1.37. The zero-order chi connectivity index (χ0) is 30.9. The molecule has 0 N–H and O–H groups in total. The third-order valence-electron chi connectivity index (χ3n) is 9.60. The Labute approximate surface area is 265 Å². The van der Waals surface area contributed by atoms with Gasteiger partial charge in [0, 0.05) is 39.1 Å². The van der Waals surface area contributed by atoms with Gasteiger partial charge in [-0.05, 0) is 86.4 Å². The van der Waals surface area contributed by atoms with E-state index in [4.69, 9.17) is 14.2 Å². The topological polar surface area (TPSA) is 51.2 Å². The van der Waals surface area contributed by atoms with E-state index in [9.17, 15) is 4.79 Å². The summed E-state index contributed by atoms with van der Waals surface area (Å²) in [5, 5.41) is 0. The first-order valence-electron chi connectivity index (χ1n) is 17.2. The molecule has 3 aliphatic heterocycles. The molecule has 1 fully saturated rings. The van der Waals surface area contributed by atoms with Gasteiger partial charge in [-0.1, -0.05) is 69.9 Å². The maximum absolute atomic E-state index is 13.3. The van der Waals surface area contributed by atoms with Gasteiger partial charge in [0.1, 0.15) is 17.1 Å². The number of rotatable bonds is 14. The van der Waals surface area contributed by atoms with Crippen LogP contribution in [0.15, 0.2) is 48.0 Å². The van der Waals surface area contributed by atoms with Crippen LogP contribution in [0.25, 0.3) is 5.57 Å². The van der Waals surface area contributed by atoms with Gasteiger partial charge >= 0.3 is 5.97 Å². The summed E-state index contributed by atoms with van der Waals surface area (Å²) >= 11 is 0. The van der Waals surface area contributed by atoms with Crippen LogP contribution in [0.1, 0.15) is 95.8 Å². The number of morpholine rings is 1. The summed E-state index contributed by atoms with van der Waals surface area (Å²) in [5.41, 5.74) is 5.70. The number of carbonyl (C=O) groups excluding carboxylic acids is 1. The van der Waals surface area contributed by atoms with E-state index in [-0.39, 0.29) is 5.97 Å². The van der Waals surface area contributed by atoms with Crippen molar-refractivity contribution in [1.29, 1.82) is 0 Å². The molecular formula is C38H54N2O4. The van der Waals surface area contributed by atoms with Crippen LogP contribution < -0.4 is 9.47 Å². The van der Waals surface area contributed by atoms with Gasteiger partial charge in [-0.3, -0.25) is 14.6 Å². The molecule has 6 nitrogen and oxygen atoms in total. The van der Waals surface area contributed by atoms with E-state index in [0.717, 1.165) is 89.5 Å². The smallest absolute Gasteiger partial charge is 0.311 e. The zero-order valence-electron chi connectivity index (χ0n) is 27.7. The van der Waals surface area contributed by atoms with Crippen LogP contribution in [0.4, 0.5) is 0 Å². The average Bonchev–Trinajstić information content (AvgIpc) is 3.00. The number of ether oxygens (including phenoxy) is 3. The maximum atomic E-state index is 13.3. The largest absolute Gasteiger partial charge is 0.483 e. The Morgan fingerprint density at radius 3 is 2.55 bits per heavy atom. The van der Waals surface area contributed by atoms with E-state index < -0.39 is 5.60 Å². The fraction of sp³-hybridized carbons (Fsp3) is 0.605. The van der Waals surface area contributed by atoms with Crippen molar-refractivity contribution in [3.8, 4) is 11.5 Å². The van der Waals surface area contributed by atoms with Crippen molar-refractivity contribution in [1.82, 2.24) is 9.80 Å². The lowest BCUT2D eigenvalue weighted by atomic mass is 9.81. The molecule has 2 aromatic carbocycles. The molecule has 0 radical (unpaired) electrons. The minimum atomic E-state index is -0.396. The van der Waals surface area contributed by atoms with Crippen LogP contribution in [-0.2, 0) is 22.5 Å². The summed E-state index contributed by atoms with van der Waals surface area (Å²) < 4.78 is 18.5. The molecule has 240 valence electrons. The summed E-state index contributed by atoms with van der Waals surface area (Å²) in [5.74, 6) is 2.05. The quantitative estimate of drug-likeness (QED) is 0.126. The van der Waals surface area contributed by atoms with Crippen molar-refractivity contribution < 1.29 is 19.0 Å². The van der Waals surface area contributed by atoms with Gasteiger partial charge in [0.05, 0.1) is 18.8 Å². The van der Waals surface area contributed by atoms with Crippen molar-refractivity contribution in [3.63, 3.8) is 0 Å². The van der Waals surface area contributed by atoms with Crippen LogP contribution in [-0.4, -0.2) is 67.3 Å². The van der Waals surface area contributed by atoms with Crippen LogP contribution >= 0.6 is 0 Å². The normalized spacial score (nSPS) is 19.2. The summed E-state index contributed by atoms with van der Waals surface area (Å²) in [7, 11) is 0.